The Balaban J connectivity index is 2.33. The van der Waals surface area contributed by atoms with E-state index in [1.807, 2.05) is 30.0 Å². The normalized spacial score (nSPS) is 18.0. The van der Waals surface area contributed by atoms with Gasteiger partial charge in [-0.05, 0) is 31.0 Å². The van der Waals surface area contributed by atoms with Crippen LogP contribution in [0.25, 0.3) is 0 Å². The monoisotopic (exact) mass is 286 g/mol. The van der Waals surface area contributed by atoms with Gasteiger partial charge >= 0.3 is 0 Å². The van der Waals surface area contributed by atoms with Gasteiger partial charge in [0.15, 0.2) is 0 Å². The Kier molecular flexibility index (Phi) is 5.38. The molecule has 0 bridgehead atoms. The second-order valence-electron chi connectivity index (χ2n) is 5.19. The summed E-state index contributed by atoms with van der Waals surface area (Å²) in [5.74, 6) is 5.88. The van der Waals surface area contributed by atoms with Gasteiger partial charge in [-0.25, -0.2) is 0 Å². The Bertz CT molecular complexity index is 572. The summed E-state index contributed by atoms with van der Waals surface area (Å²) in [6, 6.07) is 5.89. The summed E-state index contributed by atoms with van der Waals surface area (Å²) in [7, 11) is 0. The third-order valence-electron chi connectivity index (χ3n) is 3.69. The first kappa shape index (κ1) is 15.6. The van der Waals surface area contributed by atoms with Crippen molar-refractivity contribution in [1.82, 2.24) is 4.90 Å². The molecule has 1 aliphatic heterocycles. The topological polar surface area (TPSA) is 55.6 Å². The molecular weight excluding hydrogens is 264 g/mol. The molecule has 2 N–H and O–H groups in total. The third-order valence-corrected chi connectivity index (χ3v) is 3.69. The summed E-state index contributed by atoms with van der Waals surface area (Å²) < 4.78 is 5.47. The molecule has 1 atom stereocenters. The molecule has 1 unspecified atom stereocenters. The summed E-state index contributed by atoms with van der Waals surface area (Å²) in [6.45, 7) is 6.19. The predicted molar refractivity (Wildman–Crippen MR) is 83.0 cm³/mol. The van der Waals surface area contributed by atoms with Gasteiger partial charge < -0.3 is 15.4 Å². The number of nitrogens with zero attached hydrogens (tertiary/aromatic N) is 1. The van der Waals surface area contributed by atoms with Crippen LogP contribution in [-0.4, -0.2) is 43.2 Å². The van der Waals surface area contributed by atoms with Crippen molar-refractivity contribution >= 4 is 5.91 Å². The van der Waals surface area contributed by atoms with Crippen molar-refractivity contribution in [2.75, 3.05) is 26.3 Å². The van der Waals surface area contributed by atoms with E-state index < -0.39 is 0 Å². The van der Waals surface area contributed by atoms with Gasteiger partial charge in [-0.3, -0.25) is 4.79 Å². The van der Waals surface area contributed by atoms with Gasteiger partial charge in [0.25, 0.3) is 5.91 Å². The number of carbonyl (C=O) groups excluding carboxylic acids is 1. The van der Waals surface area contributed by atoms with Crippen molar-refractivity contribution in [2.24, 2.45) is 5.73 Å². The molecule has 2 rings (SSSR count). The minimum atomic E-state index is 0.0338. The standard InChI is InChI=1S/C17H22N2O2/c1-3-15-12-21-10-9-19(15)17(20)16-7-6-13(2)11-14(16)5-4-8-18/h6-7,11,15H,3,8-10,12,18H2,1-2H3. The van der Waals surface area contributed by atoms with Gasteiger partial charge in [0.1, 0.15) is 0 Å². The third kappa shape index (κ3) is 3.63. The van der Waals surface area contributed by atoms with E-state index in [0.717, 1.165) is 17.5 Å². The summed E-state index contributed by atoms with van der Waals surface area (Å²) in [4.78, 5) is 14.7. The van der Waals surface area contributed by atoms with Crippen LogP contribution in [0.5, 0.6) is 0 Å². The minimum absolute atomic E-state index is 0.0338. The summed E-state index contributed by atoms with van der Waals surface area (Å²) in [5, 5.41) is 0. The maximum atomic E-state index is 12.8. The maximum absolute atomic E-state index is 12.8. The van der Waals surface area contributed by atoms with Crippen molar-refractivity contribution in [1.29, 1.82) is 0 Å². The zero-order valence-electron chi connectivity index (χ0n) is 12.7. The van der Waals surface area contributed by atoms with Crippen molar-refractivity contribution in [3.05, 3.63) is 34.9 Å². The molecule has 112 valence electrons. The molecule has 1 aliphatic rings. The van der Waals surface area contributed by atoms with Crippen molar-refractivity contribution < 1.29 is 9.53 Å². The number of carbonyl (C=O) groups is 1. The Labute approximate surface area is 126 Å². The number of ether oxygens (including phenoxy) is 1. The van der Waals surface area contributed by atoms with E-state index in [9.17, 15) is 4.79 Å². The molecule has 0 spiro atoms. The molecule has 0 aromatic heterocycles. The van der Waals surface area contributed by atoms with Gasteiger partial charge in [0.05, 0.1) is 31.4 Å². The molecule has 0 saturated carbocycles. The number of benzene rings is 1. The van der Waals surface area contributed by atoms with Crippen LogP contribution in [0.15, 0.2) is 18.2 Å². The van der Waals surface area contributed by atoms with Gasteiger partial charge in [-0.2, -0.15) is 0 Å². The first-order chi connectivity index (χ1) is 10.2. The van der Waals surface area contributed by atoms with Crippen molar-refractivity contribution in [2.45, 2.75) is 26.3 Å². The largest absolute Gasteiger partial charge is 0.377 e. The molecule has 0 radical (unpaired) electrons. The average molecular weight is 286 g/mol. The number of morpholine rings is 1. The SMILES string of the molecule is CCC1COCCN1C(=O)c1ccc(C)cc1C#CCN. The number of hydrogen-bond donors (Lipinski definition) is 1. The Morgan fingerprint density at radius 1 is 1.52 bits per heavy atom. The first-order valence-corrected chi connectivity index (χ1v) is 7.35. The van der Waals surface area contributed by atoms with Crippen LogP contribution in [0.3, 0.4) is 0 Å². The zero-order valence-corrected chi connectivity index (χ0v) is 12.7. The van der Waals surface area contributed by atoms with Gasteiger partial charge in [0.2, 0.25) is 0 Å². The van der Waals surface area contributed by atoms with Gasteiger partial charge in [-0.1, -0.05) is 24.8 Å². The summed E-state index contributed by atoms with van der Waals surface area (Å²) in [6.07, 6.45) is 0.890. The van der Waals surface area contributed by atoms with Gasteiger partial charge in [0, 0.05) is 12.1 Å². The lowest BCUT2D eigenvalue weighted by atomic mass is 10.0. The second-order valence-corrected chi connectivity index (χ2v) is 5.19. The van der Waals surface area contributed by atoms with E-state index in [-0.39, 0.29) is 18.5 Å². The number of rotatable bonds is 2. The summed E-state index contributed by atoms with van der Waals surface area (Å²) in [5.41, 5.74) is 7.94. The second kappa shape index (κ2) is 7.26. The number of nitrogens with two attached hydrogens (primary N) is 1. The quantitative estimate of drug-likeness (QED) is 0.839. The van der Waals surface area contributed by atoms with E-state index in [4.69, 9.17) is 10.5 Å². The lowest BCUT2D eigenvalue weighted by Gasteiger charge is -2.35. The van der Waals surface area contributed by atoms with Crippen LogP contribution in [0, 0.1) is 18.8 Å². The molecule has 4 nitrogen and oxygen atoms in total. The van der Waals surface area contributed by atoms with Crippen LogP contribution < -0.4 is 5.73 Å². The van der Waals surface area contributed by atoms with E-state index in [1.165, 1.54) is 0 Å². The lowest BCUT2D eigenvalue weighted by molar-refractivity contribution is -0.00281. The smallest absolute Gasteiger partial charge is 0.255 e. The molecule has 4 heteroatoms. The molecule has 1 fully saturated rings. The number of aryl methyl sites for hydroxylation is 1. The van der Waals surface area contributed by atoms with Crippen LogP contribution in [0.4, 0.5) is 0 Å². The average Bonchev–Trinajstić information content (AvgIpc) is 2.52. The number of amides is 1. The highest BCUT2D eigenvalue weighted by Crippen LogP contribution is 2.18. The Morgan fingerprint density at radius 2 is 2.33 bits per heavy atom. The van der Waals surface area contributed by atoms with Crippen LogP contribution in [0.1, 0.15) is 34.8 Å². The maximum Gasteiger partial charge on any atom is 0.255 e. The Morgan fingerprint density at radius 3 is 3.05 bits per heavy atom. The van der Waals surface area contributed by atoms with Crippen LogP contribution in [-0.2, 0) is 4.74 Å². The molecule has 1 amide bonds. The molecule has 0 aliphatic carbocycles. The lowest BCUT2D eigenvalue weighted by Crippen LogP contribution is -2.48. The number of hydrogen-bond acceptors (Lipinski definition) is 3. The van der Waals surface area contributed by atoms with E-state index in [2.05, 4.69) is 18.8 Å². The predicted octanol–water partition coefficient (Wildman–Crippen LogP) is 1.56. The summed E-state index contributed by atoms with van der Waals surface area (Å²) >= 11 is 0. The highest BCUT2D eigenvalue weighted by Gasteiger charge is 2.27. The fourth-order valence-corrected chi connectivity index (χ4v) is 2.51. The zero-order chi connectivity index (χ0) is 15.2. The highest BCUT2D eigenvalue weighted by atomic mass is 16.5. The molecule has 1 saturated heterocycles. The highest BCUT2D eigenvalue weighted by molar-refractivity contribution is 5.97. The van der Waals surface area contributed by atoms with Crippen molar-refractivity contribution in [3.8, 4) is 11.8 Å². The van der Waals surface area contributed by atoms with E-state index >= 15 is 0 Å². The molecule has 21 heavy (non-hydrogen) atoms. The fourth-order valence-electron chi connectivity index (χ4n) is 2.51. The molecule has 1 aromatic rings. The fraction of sp³-hybridized carbons (Fsp3) is 0.471. The first-order valence-electron chi connectivity index (χ1n) is 7.35. The molecule has 1 heterocycles. The van der Waals surface area contributed by atoms with Gasteiger partial charge in [-0.15, -0.1) is 0 Å². The van der Waals surface area contributed by atoms with E-state index in [1.54, 1.807) is 0 Å². The Hall–Kier alpha value is -1.83. The van der Waals surface area contributed by atoms with Crippen molar-refractivity contribution in [3.63, 3.8) is 0 Å². The van der Waals surface area contributed by atoms with Crippen LogP contribution >= 0.6 is 0 Å². The minimum Gasteiger partial charge on any atom is -0.377 e. The van der Waals surface area contributed by atoms with E-state index in [0.29, 0.717) is 25.3 Å². The molecular formula is C17H22N2O2. The van der Waals surface area contributed by atoms with Crippen LogP contribution in [0.2, 0.25) is 0 Å². The molecule has 1 aromatic carbocycles.